The number of likely N-dealkylation sites (tertiary alicyclic amines) is 1. The summed E-state index contributed by atoms with van der Waals surface area (Å²) in [6.07, 6.45) is 1.16. The minimum absolute atomic E-state index is 0.0246. The molecule has 3 aromatic rings. The molecule has 8 N–H and O–H groups in total. The lowest BCUT2D eigenvalue weighted by atomic mass is 9.82. The smallest absolute Gasteiger partial charge is 0.407 e. The van der Waals surface area contributed by atoms with Crippen LogP contribution in [0.1, 0.15) is 75.6 Å². The highest BCUT2D eigenvalue weighted by Gasteiger charge is 2.39. The SMILES string of the molecule is COC(=O)N[C@H](C(=O)N1CCC[C@H]1C(=O)Nc1ccc(C(Cc2ccc(N)c(N)c2)c2ccc(C(C)(C)C)cc2)cc1N)C(C)C. The van der Waals surface area contributed by atoms with Crippen LogP contribution in [0.25, 0.3) is 0 Å². The van der Waals surface area contributed by atoms with Gasteiger partial charge in [0.15, 0.2) is 0 Å². The summed E-state index contributed by atoms with van der Waals surface area (Å²) in [4.78, 5) is 40.4. The second-order valence-electron chi connectivity index (χ2n) is 13.5. The lowest BCUT2D eigenvalue weighted by Gasteiger charge is -2.30. The molecule has 1 aliphatic heterocycles. The van der Waals surface area contributed by atoms with Crippen molar-refractivity contribution in [3.63, 3.8) is 0 Å². The van der Waals surface area contributed by atoms with Gasteiger partial charge in [0.25, 0.3) is 0 Å². The number of alkyl carbamates (subject to hydrolysis) is 1. The molecule has 10 nitrogen and oxygen atoms in total. The van der Waals surface area contributed by atoms with E-state index in [0.29, 0.717) is 48.6 Å². The van der Waals surface area contributed by atoms with Crippen molar-refractivity contribution in [2.75, 3.05) is 36.2 Å². The van der Waals surface area contributed by atoms with Gasteiger partial charge in [0.2, 0.25) is 11.8 Å². The van der Waals surface area contributed by atoms with Crippen molar-refractivity contribution in [2.24, 2.45) is 5.92 Å². The van der Waals surface area contributed by atoms with Crippen molar-refractivity contribution in [1.29, 1.82) is 0 Å². The van der Waals surface area contributed by atoms with Crippen molar-refractivity contribution < 1.29 is 19.1 Å². The molecule has 46 heavy (non-hydrogen) atoms. The summed E-state index contributed by atoms with van der Waals surface area (Å²) in [6.45, 7) is 10.6. The number of nitrogens with one attached hydrogen (secondary N) is 2. The van der Waals surface area contributed by atoms with Crippen molar-refractivity contribution >= 4 is 40.7 Å². The van der Waals surface area contributed by atoms with E-state index in [2.05, 4.69) is 55.7 Å². The topological polar surface area (TPSA) is 166 Å². The van der Waals surface area contributed by atoms with Gasteiger partial charge in [-0.3, -0.25) is 9.59 Å². The largest absolute Gasteiger partial charge is 0.453 e. The predicted octanol–water partition coefficient (Wildman–Crippen LogP) is 5.42. The molecule has 0 radical (unpaired) electrons. The van der Waals surface area contributed by atoms with E-state index >= 15 is 0 Å². The maximum Gasteiger partial charge on any atom is 0.407 e. The van der Waals surface area contributed by atoms with E-state index < -0.39 is 18.2 Å². The van der Waals surface area contributed by atoms with Crippen LogP contribution in [-0.4, -0.2) is 48.5 Å². The Kier molecular flexibility index (Phi) is 10.5. The first-order valence-corrected chi connectivity index (χ1v) is 15.8. The lowest BCUT2D eigenvalue weighted by molar-refractivity contribution is -0.139. The number of ether oxygens (including phenoxy) is 1. The molecule has 3 aromatic carbocycles. The number of amides is 3. The van der Waals surface area contributed by atoms with Crippen LogP contribution in [0.15, 0.2) is 60.7 Å². The summed E-state index contributed by atoms with van der Waals surface area (Å²) < 4.78 is 4.70. The minimum Gasteiger partial charge on any atom is -0.453 e. The third-order valence-electron chi connectivity index (χ3n) is 8.74. The zero-order chi connectivity index (χ0) is 33.8. The van der Waals surface area contributed by atoms with Crippen LogP contribution in [-0.2, 0) is 26.2 Å². The Bertz CT molecular complexity index is 1560. The van der Waals surface area contributed by atoms with E-state index in [0.717, 1.165) is 16.7 Å². The van der Waals surface area contributed by atoms with Crippen LogP contribution in [0.5, 0.6) is 0 Å². The first-order valence-electron chi connectivity index (χ1n) is 15.8. The fraction of sp³-hybridized carbons (Fsp3) is 0.417. The van der Waals surface area contributed by atoms with Crippen LogP contribution in [0.2, 0.25) is 0 Å². The average Bonchev–Trinajstić information content (AvgIpc) is 3.51. The van der Waals surface area contributed by atoms with E-state index in [1.807, 2.05) is 50.2 Å². The molecule has 246 valence electrons. The zero-order valence-corrected chi connectivity index (χ0v) is 27.7. The number of hydrogen-bond donors (Lipinski definition) is 5. The molecular weight excluding hydrogens is 580 g/mol. The Labute approximate surface area is 272 Å². The maximum absolute atomic E-state index is 13.5. The number of nitrogen functional groups attached to an aromatic ring is 3. The van der Waals surface area contributed by atoms with Crippen LogP contribution >= 0.6 is 0 Å². The average molecular weight is 629 g/mol. The number of nitrogens with two attached hydrogens (primary N) is 3. The van der Waals surface area contributed by atoms with Gasteiger partial charge in [-0.1, -0.05) is 71.0 Å². The van der Waals surface area contributed by atoms with E-state index in [1.165, 1.54) is 17.6 Å². The Balaban J connectivity index is 1.58. The fourth-order valence-electron chi connectivity index (χ4n) is 5.94. The van der Waals surface area contributed by atoms with Gasteiger partial charge in [0, 0.05) is 12.5 Å². The highest BCUT2D eigenvalue weighted by Crippen LogP contribution is 2.35. The number of methoxy groups -OCH3 is 1. The summed E-state index contributed by atoms with van der Waals surface area (Å²) in [5.41, 5.74) is 25.1. The molecule has 3 amide bonds. The lowest BCUT2D eigenvalue weighted by Crippen LogP contribution is -2.54. The highest BCUT2D eigenvalue weighted by molar-refractivity contribution is 6.00. The van der Waals surface area contributed by atoms with Gasteiger partial charge in [-0.2, -0.15) is 0 Å². The number of hydrogen-bond acceptors (Lipinski definition) is 7. The molecule has 1 aliphatic rings. The standard InChI is InChI=1S/C36H48N6O4/c1-21(2)32(41-35(45)46-6)34(44)42-17-7-8-31(42)33(43)40-30-16-12-24(20-29(30)39)26(18-22-9-15-27(37)28(38)19-22)23-10-13-25(14-11-23)36(3,4)5/h9-16,19-21,26,31-32H,7-8,17-18,37-39H2,1-6H3,(H,40,43)(H,41,45)/t26?,31-,32-/m0/s1. The van der Waals surface area contributed by atoms with Gasteiger partial charge in [0.05, 0.1) is 29.9 Å². The monoisotopic (exact) mass is 628 g/mol. The Morgan fingerprint density at radius 1 is 0.913 bits per heavy atom. The van der Waals surface area contributed by atoms with E-state index in [9.17, 15) is 14.4 Å². The first kappa shape index (κ1) is 34.1. The normalized spacial score (nSPS) is 16.2. The number of carbonyl (C=O) groups is 3. The number of nitrogens with zero attached hydrogens (tertiary/aromatic N) is 1. The Morgan fingerprint density at radius 3 is 2.17 bits per heavy atom. The van der Waals surface area contributed by atoms with E-state index in [-0.39, 0.29) is 29.1 Å². The molecule has 0 spiro atoms. The van der Waals surface area contributed by atoms with Gasteiger partial charge in [0.1, 0.15) is 12.1 Å². The van der Waals surface area contributed by atoms with Crippen LogP contribution in [0, 0.1) is 5.92 Å². The first-order chi connectivity index (χ1) is 21.7. The number of rotatable bonds is 9. The third kappa shape index (κ3) is 7.91. The molecule has 0 aromatic heterocycles. The van der Waals surface area contributed by atoms with Crippen molar-refractivity contribution in [1.82, 2.24) is 10.2 Å². The number of benzene rings is 3. The molecular formula is C36H48N6O4. The summed E-state index contributed by atoms with van der Waals surface area (Å²) in [7, 11) is 1.25. The molecule has 0 aliphatic carbocycles. The number of carbonyl (C=O) groups excluding carboxylic acids is 3. The predicted molar refractivity (Wildman–Crippen MR) is 184 cm³/mol. The van der Waals surface area contributed by atoms with Crippen molar-refractivity contribution in [3.05, 3.63) is 82.9 Å². The van der Waals surface area contributed by atoms with Crippen molar-refractivity contribution in [3.8, 4) is 0 Å². The van der Waals surface area contributed by atoms with Gasteiger partial charge >= 0.3 is 6.09 Å². The van der Waals surface area contributed by atoms with Crippen LogP contribution in [0.3, 0.4) is 0 Å². The summed E-state index contributed by atoms with van der Waals surface area (Å²) >= 11 is 0. The Hall–Kier alpha value is -4.73. The van der Waals surface area contributed by atoms with E-state index in [4.69, 9.17) is 21.9 Å². The quantitative estimate of drug-likeness (QED) is 0.198. The summed E-state index contributed by atoms with van der Waals surface area (Å²) in [6, 6.07) is 18.5. The number of anilines is 4. The third-order valence-corrected chi connectivity index (χ3v) is 8.74. The fourth-order valence-corrected chi connectivity index (χ4v) is 5.94. The molecule has 1 unspecified atom stereocenters. The van der Waals surface area contributed by atoms with Crippen LogP contribution in [0.4, 0.5) is 27.5 Å². The molecule has 3 atom stereocenters. The van der Waals surface area contributed by atoms with Gasteiger partial charge < -0.3 is 37.5 Å². The second-order valence-corrected chi connectivity index (χ2v) is 13.5. The summed E-state index contributed by atoms with van der Waals surface area (Å²) in [5, 5.41) is 5.56. The molecule has 1 heterocycles. The van der Waals surface area contributed by atoms with Gasteiger partial charge in [-0.05, 0) is 77.1 Å². The molecule has 0 bridgehead atoms. The maximum atomic E-state index is 13.5. The molecule has 4 rings (SSSR count). The summed E-state index contributed by atoms with van der Waals surface area (Å²) in [5.74, 6) is -0.869. The highest BCUT2D eigenvalue weighted by atomic mass is 16.5. The Morgan fingerprint density at radius 2 is 1.59 bits per heavy atom. The molecule has 1 fully saturated rings. The van der Waals surface area contributed by atoms with Crippen molar-refractivity contribution in [2.45, 2.75) is 77.3 Å². The second kappa shape index (κ2) is 14.1. The zero-order valence-electron chi connectivity index (χ0n) is 27.7. The van der Waals surface area contributed by atoms with E-state index in [1.54, 1.807) is 0 Å². The van der Waals surface area contributed by atoms with Gasteiger partial charge in [-0.25, -0.2) is 4.79 Å². The molecule has 10 heteroatoms. The molecule has 0 saturated carbocycles. The molecule has 1 saturated heterocycles. The van der Waals surface area contributed by atoms with Crippen LogP contribution < -0.4 is 27.8 Å². The van der Waals surface area contributed by atoms with Gasteiger partial charge in [-0.15, -0.1) is 0 Å². The minimum atomic E-state index is -0.809.